The Morgan fingerprint density at radius 3 is 3.14 bits per heavy atom. The van der Waals surface area contributed by atoms with Crippen LogP contribution in [0.15, 0.2) is 11.4 Å². The zero-order chi connectivity index (χ0) is 9.97. The molecule has 78 valence electrons. The number of halogens is 1. The fourth-order valence-corrected chi connectivity index (χ4v) is 3.79. The van der Waals surface area contributed by atoms with Crippen LogP contribution in [0, 0.1) is 0 Å². The van der Waals surface area contributed by atoms with Gasteiger partial charge in [-0.15, -0.1) is 11.3 Å². The summed E-state index contributed by atoms with van der Waals surface area (Å²) in [5.74, 6) is 2.43. The Morgan fingerprint density at radius 2 is 2.43 bits per heavy atom. The third kappa shape index (κ3) is 2.66. The molecule has 2 heterocycles. The number of hydrogen-bond acceptors (Lipinski definition) is 3. The molecular weight excluding hydrogens is 234 g/mol. The first-order valence-corrected chi connectivity index (χ1v) is 7.24. The van der Waals surface area contributed by atoms with E-state index in [4.69, 9.17) is 11.6 Å². The third-order valence-corrected chi connectivity index (χ3v) is 4.66. The van der Waals surface area contributed by atoms with Crippen LogP contribution < -0.4 is 5.32 Å². The molecule has 1 fully saturated rings. The Balaban J connectivity index is 2.08. The minimum absolute atomic E-state index is 0.487. The quantitative estimate of drug-likeness (QED) is 0.815. The summed E-state index contributed by atoms with van der Waals surface area (Å²) in [7, 11) is 0. The van der Waals surface area contributed by atoms with Crippen LogP contribution >= 0.6 is 34.7 Å². The smallest absolute Gasteiger partial charge is 0.0931 e. The van der Waals surface area contributed by atoms with Crippen molar-refractivity contribution in [1.29, 1.82) is 0 Å². The lowest BCUT2D eigenvalue weighted by atomic mass is 10.1. The van der Waals surface area contributed by atoms with E-state index in [1.54, 1.807) is 11.3 Å². The van der Waals surface area contributed by atoms with E-state index in [1.165, 1.54) is 17.7 Å². The molecule has 2 rings (SSSR count). The predicted octanol–water partition coefficient (Wildman–Crippen LogP) is 3.56. The van der Waals surface area contributed by atoms with Gasteiger partial charge in [0.05, 0.1) is 4.34 Å². The van der Waals surface area contributed by atoms with Crippen LogP contribution in [0.1, 0.15) is 24.9 Å². The molecule has 14 heavy (non-hydrogen) atoms. The fraction of sp³-hybridized carbons (Fsp3) is 0.600. The second-order valence-corrected chi connectivity index (χ2v) is 6.36. The minimum atomic E-state index is 0.487. The second kappa shape index (κ2) is 4.88. The van der Waals surface area contributed by atoms with E-state index in [0.29, 0.717) is 12.1 Å². The van der Waals surface area contributed by atoms with Gasteiger partial charge in [0.1, 0.15) is 0 Å². The minimum Gasteiger partial charge on any atom is -0.307 e. The monoisotopic (exact) mass is 247 g/mol. The first kappa shape index (κ1) is 10.8. The third-order valence-electron chi connectivity index (χ3n) is 2.46. The van der Waals surface area contributed by atoms with E-state index in [9.17, 15) is 0 Å². The Morgan fingerprint density at radius 1 is 1.57 bits per heavy atom. The topological polar surface area (TPSA) is 12.0 Å². The van der Waals surface area contributed by atoms with Gasteiger partial charge in [0, 0.05) is 17.8 Å². The predicted molar refractivity (Wildman–Crippen MR) is 66.6 cm³/mol. The Hall–Kier alpha value is 0.300. The number of rotatable bonds is 1. The average molecular weight is 248 g/mol. The van der Waals surface area contributed by atoms with Crippen LogP contribution in [0.4, 0.5) is 0 Å². The van der Waals surface area contributed by atoms with Gasteiger partial charge < -0.3 is 5.32 Å². The highest BCUT2D eigenvalue weighted by molar-refractivity contribution is 7.99. The van der Waals surface area contributed by atoms with Crippen LogP contribution in [-0.2, 0) is 0 Å². The lowest BCUT2D eigenvalue weighted by molar-refractivity contribution is 0.485. The molecular formula is C10H14ClNS2. The van der Waals surface area contributed by atoms with Gasteiger partial charge in [0.15, 0.2) is 0 Å². The van der Waals surface area contributed by atoms with Crippen molar-refractivity contribution in [3.63, 3.8) is 0 Å². The zero-order valence-electron chi connectivity index (χ0n) is 8.13. The van der Waals surface area contributed by atoms with Crippen LogP contribution in [0.5, 0.6) is 0 Å². The largest absolute Gasteiger partial charge is 0.307 e. The number of nitrogens with one attached hydrogen (secondary N) is 1. The Labute approximate surface area is 98.2 Å². The van der Waals surface area contributed by atoms with Crippen molar-refractivity contribution in [3.8, 4) is 0 Å². The first-order valence-electron chi connectivity index (χ1n) is 4.83. The van der Waals surface area contributed by atoms with Gasteiger partial charge in [-0.3, -0.25) is 0 Å². The molecule has 1 aliphatic rings. The molecule has 1 aromatic heterocycles. The SMILES string of the molecule is CC1CCSCC(c2csc(Cl)c2)N1. The summed E-state index contributed by atoms with van der Waals surface area (Å²) in [4.78, 5) is 0. The van der Waals surface area contributed by atoms with Crippen LogP contribution in [0.3, 0.4) is 0 Å². The molecule has 0 aliphatic carbocycles. The van der Waals surface area contributed by atoms with Gasteiger partial charge >= 0.3 is 0 Å². The first-order chi connectivity index (χ1) is 6.75. The molecule has 4 heteroatoms. The van der Waals surface area contributed by atoms with Crippen molar-refractivity contribution in [2.45, 2.75) is 25.4 Å². The summed E-state index contributed by atoms with van der Waals surface area (Å²) in [6, 6.07) is 3.19. The normalized spacial score (nSPS) is 28.7. The maximum absolute atomic E-state index is 5.94. The summed E-state index contributed by atoms with van der Waals surface area (Å²) in [6.07, 6.45) is 1.26. The lowest BCUT2D eigenvalue weighted by Crippen LogP contribution is -2.29. The van der Waals surface area contributed by atoms with Gasteiger partial charge in [-0.05, 0) is 36.1 Å². The summed E-state index contributed by atoms with van der Waals surface area (Å²) in [5, 5.41) is 5.80. The summed E-state index contributed by atoms with van der Waals surface area (Å²) >= 11 is 9.59. The molecule has 1 N–H and O–H groups in total. The van der Waals surface area contributed by atoms with Crippen molar-refractivity contribution >= 4 is 34.7 Å². The molecule has 1 saturated heterocycles. The molecule has 0 radical (unpaired) electrons. The number of thioether (sulfide) groups is 1. The molecule has 0 amide bonds. The maximum atomic E-state index is 5.94. The van der Waals surface area contributed by atoms with Gasteiger partial charge in [-0.25, -0.2) is 0 Å². The molecule has 2 atom stereocenters. The molecule has 1 aromatic rings. The highest BCUT2D eigenvalue weighted by Gasteiger charge is 2.18. The second-order valence-electron chi connectivity index (χ2n) is 3.67. The maximum Gasteiger partial charge on any atom is 0.0931 e. The fourth-order valence-electron chi connectivity index (χ4n) is 1.63. The van der Waals surface area contributed by atoms with Crippen LogP contribution in [0.2, 0.25) is 4.34 Å². The van der Waals surface area contributed by atoms with E-state index in [2.05, 4.69) is 23.7 Å². The van der Waals surface area contributed by atoms with Crippen molar-refractivity contribution in [2.24, 2.45) is 0 Å². The van der Waals surface area contributed by atoms with Crippen LogP contribution in [-0.4, -0.2) is 17.5 Å². The van der Waals surface area contributed by atoms with Crippen molar-refractivity contribution < 1.29 is 0 Å². The molecule has 1 nitrogen and oxygen atoms in total. The standard InChI is InChI=1S/C10H14ClNS2/c1-7-2-3-13-6-9(12-7)8-4-10(11)14-5-8/h4-5,7,9,12H,2-3,6H2,1H3. The highest BCUT2D eigenvalue weighted by Crippen LogP contribution is 2.29. The van der Waals surface area contributed by atoms with Crippen molar-refractivity contribution in [3.05, 3.63) is 21.3 Å². The van der Waals surface area contributed by atoms with E-state index in [1.807, 2.05) is 11.8 Å². The van der Waals surface area contributed by atoms with Crippen LogP contribution in [0.25, 0.3) is 0 Å². The zero-order valence-corrected chi connectivity index (χ0v) is 10.5. The molecule has 2 unspecified atom stereocenters. The van der Waals surface area contributed by atoms with E-state index >= 15 is 0 Å². The van der Waals surface area contributed by atoms with Gasteiger partial charge in [-0.1, -0.05) is 11.6 Å². The molecule has 0 spiro atoms. The summed E-state index contributed by atoms with van der Waals surface area (Å²) in [6.45, 7) is 2.26. The number of thiophene rings is 1. The van der Waals surface area contributed by atoms with Gasteiger partial charge in [0.25, 0.3) is 0 Å². The molecule has 1 aliphatic heterocycles. The van der Waals surface area contributed by atoms with E-state index < -0.39 is 0 Å². The van der Waals surface area contributed by atoms with Gasteiger partial charge in [0.2, 0.25) is 0 Å². The molecule has 0 aromatic carbocycles. The summed E-state index contributed by atoms with van der Waals surface area (Å²) in [5.41, 5.74) is 1.35. The average Bonchev–Trinajstić information content (AvgIpc) is 2.45. The highest BCUT2D eigenvalue weighted by atomic mass is 35.5. The molecule has 0 saturated carbocycles. The van der Waals surface area contributed by atoms with Crippen molar-refractivity contribution in [2.75, 3.05) is 11.5 Å². The summed E-state index contributed by atoms with van der Waals surface area (Å²) < 4.78 is 0.892. The van der Waals surface area contributed by atoms with Gasteiger partial charge in [-0.2, -0.15) is 11.8 Å². The lowest BCUT2D eigenvalue weighted by Gasteiger charge is -2.17. The van der Waals surface area contributed by atoms with E-state index in [0.717, 1.165) is 10.1 Å². The number of hydrogen-bond donors (Lipinski definition) is 1. The Bertz CT molecular complexity index is 300. The van der Waals surface area contributed by atoms with Crippen molar-refractivity contribution in [1.82, 2.24) is 5.32 Å². The molecule has 0 bridgehead atoms. The Kier molecular flexibility index (Phi) is 3.77. The van der Waals surface area contributed by atoms with E-state index in [-0.39, 0.29) is 0 Å².